The Morgan fingerprint density at radius 1 is 1.30 bits per heavy atom. The van der Waals surface area contributed by atoms with Crippen LogP contribution in [0.3, 0.4) is 0 Å². The van der Waals surface area contributed by atoms with Crippen molar-refractivity contribution >= 4 is 5.78 Å². The van der Waals surface area contributed by atoms with Crippen LogP contribution in [0.2, 0.25) is 0 Å². The van der Waals surface area contributed by atoms with Gasteiger partial charge in [0.25, 0.3) is 0 Å². The van der Waals surface area contributed by atoms with Crippen LogP contribution in [0.5, 0.6) is 0 Å². The molecule has 0 atom stereocenters. The molecule has 0 fully saturated rings. The second kappa shape index (κ2) is 11.6. The van der Waals surface area contributed by atoms with Crippen molar-refractivity contribution in [1.29, 1.82) is 0 Å². The number of allylic oxidation sites excluding steroid dienone is 2. The van der Waals surface area contributed by atoms with Crippen LogP contribution in [-0.2, 0) is 24.9 Å². The summed E-state index contributed by atoms with van der Waals surface area (Å²) >= 11 is 0. The Labute approximate surface area is 76.7 Å². The van der Waals surface area contributed by atoms with Crippen molar-refractivity contribution in [2.24, 2.45) is 0 Å². The van der Waals surface area contributed by atoms with Crippen LogP contribution in [0.15, 0.2) is 11.8 Å². The number of carbonyl (C=O) groups excluding carboxylic acids is 1. The summed E-state index contributed by atoms with van der Waals surface area (Å²) in [4.78, 5) is 10.0. The van der Waals surface area contributed by atoms with Gasteiger partial charge in [-0.15, -0.1) is 0 Å². The van der Waals surface area contributed by atoms with E-state index in [-0.39, 0.29) is 46.5 Å². The number of aliphatic hydroxyl groups excluding tert-OH is 1. The van der Waals surface area contributed by atoms with E-state index in [4.69, 9.17) is 5.11 Å². The third-order valence-electron chi connectivity index (χ3n) is 0.412. The zero-order valence-electron chi connectivity index (χ0n) is 6.77. The van der Waals surface area contributed by atoms with Gasteiger partial charge in [0.15, 0.2) is 5.78 Å². The predicted octanol–water partition coefficient (Wildman–Crippen LogP) is 1.94. The van der Waals surface area contributed by atoms with Crippen LogP contribution in [0, 0.1) is 14.9 Å². The van der Waals surface area contributed by atoms with Gasteiger partial charge in [-0.3, -0.25) is 4.79 Å². The van der Waals surface area contributed by atoms with Gasteiger partial charge in [0.1, 0.15) is 0 Å². The number of aliphatic hydroxyl groups is 1. The molecule has 0 saturated carbocycles. The second-order valence-electron chi connectivity index (χ2n) is 1.40. The van der Waals surface area contributed by atoms with Crippen LogP contribution in [-0.4, -0.2) is 10.9 Å². The van der Waals surface area contributed by atoms with Crippen molar-refractivity contribution in [1.82, 2.24) is 0 Å². The van der Waals surface area contributed by atoms with Crippen LogP contribution >= 0.6 is 0 Å². The molecule has 0 heterocycles. The third-order valence-corrected chi connectivity index (χ3v) is 0.412. The van der Waals surface area contributed by atoms with Gasteiger partial charge in [0.05, 0.1) is 5.76 Å². The normalized spacial score (nSPS) is 8.00. The summed E-state index contributed by atoms with van der Waals surface area (Å²) in [7, 11) is 0. The molecular weight excluding hydrogens is 308 g/mol. The molecule has 2 nitrogen and oxygen atoms in total. The van der Waals surface area contributed by atoms with E-state index in [1.165, 1.54) is 19.9 Å². The molecule has 0 aromatic rings. The topological polar surface area (TPSA) is 37.3 Å². The molecule has 0 aliphatic heterocycles. The molecule has 0 spiro atoms. The predicted molar refractivity (Wildman–Crippen MR) is 39.9 cm³/mol. The Hall–Kier alpha value is -0.141. The van der Waals surface area contributed by atoms with Crippen LogP contribution in [0.4, 0.5) is 0 Å². The zero-order chi connectivity index (χ0) is 5.86. The molecule has 0 saturated heterocycles. The Balaban J connectivity index is -0.0000000600. The van der Waals surface area contributed by atoms with Crippen LogP contribution in [0.25, 0.3) is 0 Å². The van der Waals surface area contributed by atoms with Crippen molar-refractivity contribution in [3.05, 3.63) is 26.7 Å². The minimum atomic E-state index is -0.125. The quantitative estimate of drug-likeness (QED) is 0.455. The van der Waals surface area contributed by atoms with Crippen molar-refractivity contribution in [2.75, 3.05) is 0 Å². The fourth-order valence-electron chi connectivity index (χ4n) is 0.294. The molecule has 0 aromatic heterocycles. The van der Waals surface area contributed by atoms with E-state index >= 15 is 0 Å². The minimum absolute atomic E-state index is 0. The van der Waals surface area contributed by atoms with Gasteiger partial charge in [-0.1, -0.05) is 0 Å². The summed E-state index contributed by atoms with van der Waals surface area (Å²) in [5, 5.41) is 8.36. The summed E-state index contributed by atoms with van der Waals surface area (Å²) in [5.41, 5.74) is 0. The zero-order valence-corrected chi connectivity index (χ0v) is 9.16. The van der Waals surface area contributed by atoms with Crippen molar-refractivity contribution in [3.63, 3.8) is 0 Å². The van der Waals surface area contributed by atoms with E-state index in [2.05, 4.69) is 0 Å². The Morgan fingerprint density at radius 2 is 1.60 bits per heavy atom. The van der Waals surface area contributed by atoms with Gasteiger partial charge in [-0.05, 0) is 13.8 Å². The van der Waals surface area contributed by atoms with E-state index in [1.54, 1.807) is 0 Å². The number of carbonyl (C=O) groups is 1. The maximum Gasteiger partial charge on any atom is 0.155 e. The van der Waals surface area contributed by atoms with Crippen molar-refractivity contribution in [2.45, 2.75) is 13.8 Å². The number of hydrogen-bond acceptors (Lipinski definition) is 2. The summed E-state index contributed by atoms with van der Waals surface area (Å²) in [6.07, 6.45) is 1.17. The SMILES string of the molecule is CC(=O)/C=C(/C)O.[CH3-].[CH3-].[Ir]. The van der Waals surface area contributed by atoms with Gasteiger partial charge < -0.3 is 20.0 Å². The second-order valence-corrected chi connectivity index (χ2v) is 1.40. The maximum absolute atomic E-state index is 10.0. The number of ketones is 1. The molecule has 0 amide bonds. The molecule has 65 valence electrons. The smallest absolute Gasteiger partial charge is 0.155 e. The molecule has 0 aliphatic rings. The van der Waals surface area contributed by atoms with E-state index in [0.717, 1.165) is 0 Å². The van der Waals surface area contributed by atoms with Gasteiger partial charge in [-0.2, -0.15) is 0 Å². The molecule has 3 heteroatoms. The number of rotatable bonds is 1. The van der Waals surface area contributed by atoms with E-state index in [0.29, 0.717) is 0 Å². The maximum atomic E-state index is 10.0. The van der Waals surface area contributed by atoms with E-state index in [1.807, 2.05) is 0 Å². The van der Waals surface area contributed by atoms with Crippen LogP contribution < -0.4 is 0 Å². The first-order chi connectivity index (χ1) is 3.13. The molecule has 0 rings (SSSR count). The van der Waals surface area contributed by atoms with Gasteiger partial charge >= 0.3 is 0 Å². The standard InChI is InChI=1S/C5H8O2.2CH3.Ir/c1-4(6)3-5(2)7;;;/h3,6H,1-2H3;2*1H3;/q;2*-1;/b4-3-;;;. The fraction of sp³-hybridized carbons (Fsp3) is 0.286. The Morgan fingerprint density at radius 3 is 1.60 bits per heavy atom. The minimum Gasteiger partial charge on any atom is -0.512 e. The molecule has 0 aromatic carbocycles. The largest absolute Gasteiger partial charge is 0.512 e. The summed E-state index contributed by atoms with van der Waals surface area (Å²) in [5.74, 6) is -0.0625. The summed E-state index contributed by atoms with van der Waals surface area (Å²) < 4.78 is 0. The fourth-order valence-corrected chi connectivity index (χ4v) is 0.294. The summed E-state index contributed by atoms with van der Waals surface area (Å²) in [6.45, 7) is 2.85. The van der Waals surface area contributed by atoms with E-state index in [9.17, 15) is 4.79 Å². The molecule has 0 bridgehead atoms. The average Bonchev–Trinajstić information content (AvgIpc) is 1.27. The van der Waals surface area contributed by atoms with Crippen molar-refractivity contribution in [3.8, 4) is 0 Å². The first-order valence-corrected chi connectivity index (χ1v) is 2.01. The molecule has 1 radical (unpaired) electrons. The van der Waals surface area contributed by atoms with Crippen LogP contribution in [0.1, 0.15) is 13.8 Å². The first-order valence-electron chi connectivity index (χ1n) is 2.01. The van der Waals surface area contributed by atoms with Crippen molar-refractivity contribution < 1.29 is 30.0 Å². The molecular formula is C7H14IrO2-2. The molecule has 0 aliphatic carbocycles. The van der Waals surface area contributed by atoms with E-state index < -0.39 is 0 Å². The number of hydrogen-bond donors (Lipinski definition) is 1. The third kappa shape index (κ3) is 24.8. The first kappa shape index (κ1) is 22.5. The summed E-state index contributed by atoms with van der Waals surface area (Å²) in [6, 6.07) is 0. The Kier molecular flexibility index (Phi) is 26.2. The van der Waals surface area contributed by atoms with Gasteiger partial charge in [0.2, 0.25) is 0 Å². The average molecular weight is 322 g/mol. The molecule has 10 heavy (non-hydrogen) atoms. The molecule has 0 unspecified atom stereocenters. The van der Waals surface area contributed by atoms with Gasteiger partial charge in [0, 0.05) is 26.2 Å². The van der Waals surface area contributed by atoms with Gasteiger partial charge in [-0.25, -0.2) is 0 Å². The monoisotopic (exact) mass is 323 g/mol. The molecule has 1 N–H and O–H groups in total. The Bertz CT molecular complexity index is 104.